The van der Waals surface area contributed by atoms with Crippen LogP contribution in [0, 0.1) is 0 Å². The van der Waals surface area contributed by atoms with Crippen molar-refractivity contribution in [1.82, 2.24) is 9.78 Å². The van der Waals surface area contributed by atoms with E-state index in [0.717, 1.165) is 10.9 Å². The predicted molar refractivity (Wildman–Crippen MR) is 127 cm³/mol. The summed E-state index contributed by atoms with van der Waals surface area (Å²) in [5, 5.41) is 5.88. The van der Waals surface area contributed by atoms with E-state index >= 15 is 0 Å². The Kier molecular flexibility index (Phi) is 5.80. The number of rotatable bonds is 3. The van der Waals surface area contributed by atoms with Gasteiger partial charge in [0.25, 0.3) is 5.91 Å². The smallest absolute Gasteiger partial charge is 0.338 e. The first kappa shape index (κ1) is 22.1. The molecule has 0 bridgehead atoms. The van der Waals surface area contributed by atoms with Crippen molar-refractivity contribution < 1.29 is 14.3 Å². The summed E-state index contributed by atoms with van der Waals surface area (Å²) in [6.45, 7) is 5.46. The van der Waals surface area contributed by atoms with Gasteiger partial charge in [0.2, 0.25) is 0 Å². The predicted octanol–water partition coefficient (Wildman–Crippen LogP) is 6.65. The van der Waals surface area contributed by atoms with E-state index in [2.05, 4.69) is 5.10 Å². The molecule has 0 unspecified atom stereocenters. The van der Waals surface area contributed by atoms with Crippen molar-refractivity contribution in [2.45, 2.75) is 26.4 Å². The summed E-state index contributed by atoms with van der Waals surface area (Å²) in [6.07, 6.45) is 0. The maximum atomic E-state index is 13.3. The Labute approximate surface area is 195 Å². The highest BCUT2D eigenvalue weighted by atomic mass is 35.5. The lowest BCUT2D eigenvalue weighted by atomic mass is 10.1. The van der Waals surface area contributed by atoms with E-state index in [1.54, 1.807) is 42.5 Å². The Morgan fingerprint density at radius 3 is 2.12 bits per heavy atom. The molecular formula is C25H20Cl2N2O3. The number of halogens is 2. The van der Waals surface area contributed by atoms with Gasteiger partial charge in [0, 0.05) is 10.9 Å². The number of para-hydroxylation sites is 1. The van der Waals surface area contributed by atoms with Crippen molar-refractivity contribution in [2.75, 3.05) is 0 Å². The molecule has 4 rings (SSSR count). The number of carbonyl (C=O) groups is 2. The molecular weight excluding hydrogens is 447 g/mol. The van der Waals surface area contributed by atoms with E-state index in [1.807, 2.05) is 45.0 Å². The van der Waals surface area contributed by atoms with Gasteiger partial charge in [-0.2, -0.15) is 9.78 Å². The number of hydrogen-bond donors (Lipinski definition) is 0. The topological polar surface area (TPSA) is 61.2 Å². The van der Waals surface area contributed by atoms with Gasteiger partial charge >= 0.3 is 5.97 Å². The third-order valence-electron chi connectivity index (χ3n) is 4.75. The molecule has 0 radical (unpaired) electrons. The van der Waals surface area contributed by atoms with Gasteiger partial charge in [0.1, 0.15) is 11.3 Å². The Bertz CT molecular complexity index is 1320. The van der Waals surface area contributed by atoms with E-state index in [-0.39, 0.29) is 15.6 Å². The summed E-state index contributed by atoms with van der Waals surface area (Å²) in [5.74, 6) is -0.823. The number of nitrogens with zero attached hydrogens (tertiary/aromatic N) is 2. The average molecular weight is 467 g/mol. The van der Waals surface area contributed by atoms with Crippen LogP contribution in [0.5, 0.6) is 0 Å². The Morgan fingerprint density at radius 2 is 1.50 bits per heavy atom. The second kappa shape index (κ2) is 8.41. The molecule has 0 amide bonds. The molecule has 0 fully saturated rings. The number of ether oxygens (including phenoxy) is 1. The minimum atomic E-state index is -0.578. The summed E-state index contributed by atoms with van der Waals surface area (Å²) in [6, 6.07) is 19.2. The maximum Gasteiger partial charge on any atom is 0.338 e. The zero-order valence-electron chi connectivity index (χ0n) is 17.7. The minimum Gasteiger partial charge on any atom is -0.456 e. The second-order valence-corrected chi connectivity index (χ2v) is 9.07. The van der Waals surface area contributed by atoms with Crippen LogP contribution in [-0.2, 0) is 4.74 Å². The van der Waals surface area contributed by atoms with Crippen LogP contribution in [-0.4, -0.2) is 27.3 Å². The van der Waals surface area contributed by atoms with E-state index in [4.69, 9.17) is 27.9 Å². The molecule has 0 spiro atoms. The fraction of sp³-hybridized carbons (Fsp3) is 0.160. The van der Waals surface area contributed by atoms with Gasteiger partial charge in [0.05, 0.1) is 26.7 Å². The van der Waals surface area contributed by atoms with Crippen LogP contribution in [0.2, 0.25) is 10.0 Å². The molecule has 162 valence electrons. The average Bonchev–Trinajstić information content (AvgIpc) is 3.12. The number of aromatic nitrogens is 2. The largest absolute Gasteiger partial charge is 0.456 e. The summed E-state index contributed by atoms with van der Waals surface area (Å²) >= 11 is 12.5. The lowest BCUT2D eigenvalue weighted by Gasteiger charge is -2.19. The monoisotopic (exact) mass is 466 g/mol. The third-order valence-corrected chi connectivity index (χ3v) is 5.38. The van der Waals surface area contributed by atoms with Crippen LogP contribution in [0.25, 0.3) is 22.2 Å². The van der Waals surface area contributed by atoms with Crippen molar-refractivity contribution in [2.24, 2.45) is 0 Å². The van der Waals surface area contributed by atoms with Gasteiger partial charge in [-0.3, -0.25) is 4.79 Å². The van der Waals surface area contributed by atoms with Crippen molar-refractivity contribution in [3.8, 4) is 11.3 Å². The molecule has 0 aliphatic carbocycles. The molecule has 0 aliphatic rings. The van der Waals surface area contributed by atoms with Crippen molar-refractivity contribution in [3.05, 3.63) is 87.9 Å². The molecule has 1 aromatic heterocycles. The molecule has 0 saturated carbocycles. The standard InChI is InChI=1S/C25H20Cl2N2O3/c1-25(2,3)32-24(31)16-13-11-15(12-14-16)22-17-7-4-5-10-20(17)29(28-22)23(30)21-18(26)8-6-9-19(21)27/h4-14H,1-3H3. The number of benzene rings is 3. The summed E-state index contributed by atoms with van der Waals surface area (Å²) in [5.41, 5.74) is 2.03. The third kappa shape index (κ3) is 4.27. The number of hydrogen-bond acceptors (Lipinski definition) is 4. The van der Waals surface area contributed by atoms with Gasteiger partial charge in [-0.05, 0) is 51.1 Å². The molecule has 0 saturated heterocycles. The minimum absolute atomic E-state index is 0.191. The van der Waals surface area contributed by atoms with Gasteiger partial charge in [0.15, 0.2) is 0 Å². The second-order valence-electron chi connectivity index (χ2n) is 8.26. The lowest BCUT2D eigenvalue weighted by molar-refractivity contribution is 0.00694. The summed E-state index contributed by atoms with van der Waals surface area (Å²) < 4.78 is 6.72. The fourth-order valence-electron chi connectivity index (χ4n) is 3.34. The number of carbonyl (C=O) groups excluding carboxylic acids is 2. The Balaban J connectivity index is 1.77. The van der Waals surface area contributed by atoms with Crippen molar-refractivity contribution >= 4 is 46.0 Å². The first-order valence-corrected chi connectivity index (χ1v) is 10.7. The molecule has 3 aromatic carbocycles. The number of fused-ring (bicyclic) bond motifs is 1. The Morgan fingerprint density at radius 1 is 0.875 bits per heavy atom. The number of esters is 1. The lowest BCUT2D eigenvalue weighted by Crippen LogP contribution is -2.23. The highest BCUT2D eigenvalue weighted by Gasteiger charge is 2.22. The normalized spacial score (nSPS) is 11.5. The van der Waals surface area contributed by atoms with E-state index in [9.17, 15) is 9.59 Å². The SMILES string of the molecule is CC(C)(C)OC(=O)c1ccc(-c2nn(C(=O)c3c(Cl)cccc3Cl)c3ccccc23)cc1. The maximum absolute atomic E-state index is 13.3. The van der Waals surface area contributed by atoms with Gasteiger partial charge in [-0.1, -0.05) is 59.6 Å². The first-order valence-electron chi connectivity index (χ1n) is 9.96. The van der Waals surface area contributed by atoms with Crippen LogP contribution in [0.3, 0.4) is 0 Å². The molecule has 32 heavy (non-hydrogen) atoms. The van der Waals surface area contributed by atoms with Crippen LogP contribution in [0.15, 0.2) is 66.7 Å². The van der Waals surface area contributed by atoms with Crippen LogP contribution < -0.4 is 0 Å². The molecule has 1 heterocycles. The summed E-state index contributed by atoms with van der Waals surface area (Å²) in [4.78, 5) is 25.6. The van der Waals surface area contributed by atoms with Gasteiger partial charge in [-0.25, -0.2) is 4.79 Å². The molecule has 0 atom stereocenters. The van der Waals surface area contributed by atoms with Crippen LogP contribution in [0.1, 0.15) is 41.5 Å². The summed E-state index contributed by atoms with van der Waals surface area (Å²) in [7, 11) is 0. The fourth-order valence-corrected chi connectivity index (χ4v) is 3.90. The van der Waals surface area contributed by atoms with E-state index in [0.29, 0.717) is 16.8 Å². The van der Waals surface area contributed by atoms with Gasteiger partial charge in [-0.15, -0.1) is 0 Å². The highest BCUT2D eigenvalue weighted by molar-refractivity contribution is 6.40. The molecule has 5 nitrogen and oxygen atoms in total. The highest BCUT2D eigenvalue weighted by Crippen LogP contribution is 2.31. The molecule has 0 aliphatic heterocycles. The van der Waals surface area contributed by atoms with Gasteiger partial charge < -0.3 is 4.74 Å². The van der Waals surface area contributed by atoms with E-state index in [1.165, 1.54) is 4.68 Å². The van der Waals surface area contributed by atoms with Crippen molar-refractivity contribution in [3.63, 3.8) is 0 Å². The van der Waals surface area contributed by atoms with E-state index < -0.39 is 17.5 Å². The molecule has 0 N–H and O–H groups in total. The van der Waals surface area contributed by atoms with Crippen LogP contribution >= 0.6 is 23.2 Å². The van der Waals surface area contributed by atoms with Crippen LogP contribution in [0.4, 0.5) is 0 Å². The zero-order chi connectivity index (χ0) is 23.0. The molecule has 4 aromatic rings. The van der Waals surface area contributed by atoms with Crippen molar-refractivity contribution in [1.29, 1.82) is 0 Å². The Hall–Kier alpha value is -3.15. The first-order chi connectivity index (χ1) is 15.2. The molecule has 7 heteroatoms. The zero-order valence-corrected chi connectivity index (χ0v) is 19.2. The quantitative estimate of drug-likeness (QED) is 0.317.